The van der Waals surface area contributed by atoms with Crippen molar-refractivity contribution < 1.29 is 9.59 Å². The second kappa shape index (κ2) is 10.3. The normalized spacial score (nSPS) is 16.3. The number of rotatable bonds is 9. The van der Waals surface area contributed by atoms with Gasteiger partial charge in [-0.2, -0.15) is 16.9 Å². The number of thioether (sulfide) groups is 1. The van der Waals surface area contributed by atoms with Gasteiger partial charge in [0.2, 0.25) is 5.91 Å². The molecule has 0 spiro atoms. The van der Waals surface area contributed by atoms with Gasteiger partial charge in [-0.25, -0.2) is 0 Å². The van der Waals surface area contributed by atoms with E-state index in [0.717, 1.165) is 49.4 Å². The smallest absolute Gasteiger partial charge is 0.251 e. The van der Waals surface area contributed by atoms with E-state index in [4.69, 9.17) is 0 Å². The van der Waals surface area contributed by atoms with Crippen LogP contribution in [-0.4, -0.2) is 58.1 Å². The van der Waals surface area contributed by atoms with Crippen molar-refractivity contribution in [3.8, 4) is 0 Å². The summed E-state index contributed by atoms with van der Waals surface area (Å²) in [4.78, 5) is 26.6. The number of hydrogen-bond donors (Lipinski definition) is 2. The van der Waals surface area contributed by atoms with Crippen LogP contribution in [0.5, 0.6) is 0 Å². The monoisotopic (exact) mass is 400 g/mol. The van der Waals surface area contributed by atoms with E-state index in [1.165, 1.54) is 0 Å². The lowest BCUT2D eigenvalue weighted by Crippen LogP contribution is -2.30. The number of hydrogen-bond acceptors (Lipinski definition) is 4. The molecule has 1 aromatic heterocycles. The van der Waals surface area contributed by atoms with Gasteiger partial charge in [0, 0.05) is 43.5 Å². The number of amides is 2. The first-order chi connectivity index (χ1) is 13.7. The molecule has 0 bridgehead atoms. The van der Waals surface area contributed by atoms with Gasteiger partial charge in [-0.3, -0.25) is 14.7 Å². The Hall–Kier alpha value is -2.28. The molecule has 0 radical (unpaired) electrons. The maximum absolute atomic E-state index is 12.4. The number of nitrogens with one attached hydrogen (secondary N) is 2. The van der Waals surface area contributed by atoms with Crippen molar-refractivity contribution in [1.82, 2.24) is 20.4 Å². The topological polar surface area (TPSA) is 78.1 Å². The second-order valence-electron chi connectivity index (χ2n) is 7.12. The van der Waals surface area contributed by atoms with Crippen molar-refractivity contribution in [3.05, 3.63) is 53.3 Å². The molecule has 1 aliphatic heterocycles. The molecule has 1 aromatic carbocycles. The average molecular weight is 401 g/mol. The summed E-state index contributed by atoms with van der Waals surface area (Å²) in [6.45, 7) is 4.32. The maximum Gasteiger partial charge on any atom is 0.251 e. The Kier molecular flexibility index (Phi) is 7.54. The van der Waals surface area contributed by atoms with Crippen LogP contribution in [0.2, 0.25) is 0 Å². The highest BCUT2D eigenvalue weighted by Crippen LogP contribution is 2.22. The van der Waals surface area contributed by atoms with Crippen LogP contribution in [0.1, 0.15) is 35.0 Å². The molecular formula is C21H28N4O2S. The molecular weight excluding hydrogens is 372 g/mol. The molecule has 2 N–H and O–H groups in total. The minimum Gasteiger partial charge on any atom is -0.352 e. The van der Waals surface area contributed by atoms with Crippen molar-refractivity contribution >= 4 is 23.6 Å². The fraction of sp³-hybridized carbons (Fsp3) is 0.476. The molecule has 28 heavy (non-hydrogen) atoms. The Labute approximate surface area is 170 Å². The Balaban J connectivity index is 1.48. The lowest BCUT2D eigenvalue weighted by molar-refractivity contribution is -0.127. The zero-order valence-electron chi connectivity index (χ0n) is 16.3. The van der Waals surface area contributed by atoms with Crippen molar-refractivity contribution in [2.45, 2.75) is 26.2 Å². The molecule has 1 unspecified atom stereocenters. The first kappa shape index (κ1) is 20.5. The van der Waals surface area contributed by atoms with E-state index in [-0.39, 0.29) is 11.8 Å². The zero-order chi connectivity index (χ0) is 19.8. The predicted molar refractivity (Wildman–Crippen MR) is 112 cm³/mol. The molecule has 2 aromatic rings. The number of aromatic nitrogens is 2. The third kappa shape index (κ3) is 5.86. The maximum atomic E-state index is 12.4. The van der Waals surface area contributed by atoms with Crippen molar-refractivity contribution in [3.63, 3.8) is 0 Å². The summed E-state index contributed by atoms with van der Waals surface area (Å²) in [5, 5.41) is 9.76. The van der Waals surface area contributed by atoms with Crippen LogP contribution in [0.4, 0.5) is 0 Å². The molecule has 0 saturated carbocycles. The number of carbonyl (C=O) groups excluding carboxylic acids is 2. The number of likely N-dealkylation sites (tertiary alicyclic amines) is 1. The van der Waals surface area contributed by atoms with Crippen LogP contribution < -0.4 is 5.32 Å². The SMILES string of the molecule is CCSCC(=O)N1CCC(Cc2cccc(C(=O)NCCc3ccn[nH]3)c2)C1. The van der Waals surface area contributed by atoms with Gasteiger partial charge in [-0.05, 0) is 48.3 Å². The van der Waals surface area contributed by atoms with Gasteiger partial charge in [0.15, 0.2) is 0 Å². The highest BCUT2D eigenvalue weighted by molar-refractivity contribution is 7.99. The highest BCUT2D eigenvalue weighted by Gasteiger charge is 2.26. The summed E-state index contributed by atoms with van der Waals surface area (Å²) in [6.07, 6.45) is 4.37. The molecule has 1 aliphatic rings. The molecule has 1 atom stereocenters. The van der Waals surface area contributed by atoms with Gasteiger partial charge >= 0.3 is 0 Å². The van der Waals surface area contributed by atoms with Gasteiger partial charge in [-0.1, -0.05) is 19.1 Å². The van der Waals surface area contributed by atoms with E-state index in [2.05, 4.69) is 28.5 Å². The molecule has 6 nitrogen and oxygen atoms in total. The van der Waals surface area contributed by atoms with E-state index in [1.54, 1.807) is 18.0 Å². The van der Waals surface area contributed by atoms with E-state index in [1.807, 2.05) is 29.2 Å². The van der Waals surface area contributed by atoms with E-state index < -0.39 is 0 Å². The largest absolute Gasteiger partial charge is 0.352 e. The number of aromatic amines is 1. The molecule has 2 amide bonds. The highest BCUT2D eigenvalue weighted by atomic mass is 32.2. The number of carbonyl (C=O) groups is 2. The summed E-state index contributed by atoms with van der Waals surface area (Å²) >= 11 is 1.68. The van der Waals surface area contributed by atoms with Gasteiger partial charge in [0.25, 0.3) is 5.91 Å². The van der Waals surface area contributed by atoms with Crippen LogP contribution in [0, 0.1) is 5.92 Å². The Morgan fingerprint density at radius 3 is 3.04 bits per heavy atom. The molecule has 0 aliphatic carbocycles. The van der Waals surface area contributed by atoms with E-state index >= 15 is 0 Å². The fourth-order valence-electron chi connectivity index (χ4n) is 3.52. The molecule has 3 rings (SSSR count). The minimum absolute atomic E-state index is 0.0545. The number of nitrogens with zero attached hydrogens (tertiary/aromatic N) is 2. The second-order valence-corrected chi connectivity index (χ2v) is 8.40. The third-order valence-electron chi connectivity index (χ3n) is 5.02. The lowest BCUT2D eigenvalue weighted by atomic mass is 9.97. The summed E-state index contributed by atoms with van der Waals surface area (Å²) in [5.74, 6) is 2.21. The number of H-pyrrole nitrogens is 1. The van der Waals surface area contributed by atoms with Crippen LogP contribution in [0.25, 0.3) is 0 Å². The Bertz CT molecular complexity index is 778. The summed E-state index contributed by atoms with van der Waals surface area (Å²) in [7, 11) is 0. The molecule has 7 heteroatoms. The standard InChI is InChI=1S/C21H28N4O2S/c1-2-28-15-20(26)25-11-8-17(14-25)12-16-4-3-5-18(13-16)21(27)22-9-6-19-7-10-23-24-19/h3-5,7,10,13,17H,2,6,8-9,11-12,14-15H2,1H3,(H,22,27)(H,23,24). The van der Waals surface area contributed by atoms with Crippen molar-refractivity contribution in [2.24, 2.45) is 5.92 Å². The summed E-state index contributed by atoms with van der Waals surface area (Å²) in [6, 6.07) is 9.74. The first-order valence-electron chi connectivity index (χ1n) is 9.86. The van der Waals surface area contributed by atoms with Crippen molar-refractivity contribution in [2.75, 3.05) is 31.1 Å². The minimum atomic E-state index is -0.0545. The van der Waals surface area contributed by atoms with Gasteiger partial charge in [0.1, 0.15) is 0 Å². The van der Waals surface area contributed by atoms with Crippen LogP contribution >= 0.6 is 11.8 Å². The predicted octanol–water partition coefficient (Wildman–Crippen LogP) is 2.53. The Morgan fingerprint density at radius 2 is 2.25 bits per heavy atom. The molecule has 2 heterocycles. The first-order valence-corrected chi connectivity index (χ1v) is 11.0. The van der Waals surface area contributed by atoms with Crippen molar-refractivity contribution in [1.29, 1.82) is 0 Å². The summed E-state index contributed by atoms with van der Waals surface area (Å²) < 4.78 is 0. The van der Waals surface area contributed by atoms with Crippen LogP contribution in [-0.2, 0) is 17.6 Å². The summed E-state index contributed by atoms with van der Waals surface area (Å²) in [5.41, 5.74) is 2.85. The van der Waals surface area contributed by atoms with E-state index in [0.29, 0.717) is 23.8 Å². The van der Waals surface area contributed by atoms with E-state index in [9.17, 15) is 9.59 Å². The lowest BCUT2D eigenvalue weighted by Gasteiger charge is -2.16. The molecule has 1 fully saturated rings. The number of benzene rings is 1. The van der Waals surface area contributed by atoms with Gasteiger partial charge < -0.3 is 10.2 Å². The third-order valence-corrected chi connectivity index (χ3v) is 5.88. The fourth-order valence-corrected chi connectivity index (χ4v) is 4.08. The average Bonchev–Trinajstić information content (AvgIpc) is 3.38. The van der Waals surface area contributed by atoms with Crippen LogP contribution in [0.15, 0.2) is 36.5 Å². The molecule has 150 valence electrons. The molecule has 1 saturated heterocycles. The van der Waals surface area contributed by atoms with Gasteiger partial charge in [0.05, 0.1) is 5.75 Å². The zero-order valence-corrected chi connectivity index (χ0v) is 17.1. The van der Waals surface area contributed by atoms with Crippen LogP contribution in [0.3, 0.4) is 0 Å². The quantitative estimate of drug-likeness (QED) is 0.678. The Morgan fingerprint density at radius 1 is 1.36 bits per heavy atom. The van der Waals surface area contributed by atoms with Gasteiger partial charge in [-0.15, -0.1) is 0 Å².